The fraction of sp³-hybridized carbons (Fsp3) is 0.345. The highest BCUT2D eigenvalue weighted by Gasteiger charge is 2.37. The number of aryl methyl sites for hydroxylation is 1. The predicted octanol–water partition coefficient (Wildman–Crippen LogP) is 19.7. The van der Waals surface area contributed by atoms with Crippen molar-refractivity contribution in [1.82, 2.24) is 49.3 Å². The minimum absolute atomic E-state index is 0.267. The second kappa shape index (κ2) is 28.7. The molecule has 0 spiro atoms. The summed E-state index contributed by atoms with van der Waals surface area (Å²) in [5, 5.41) is 76.1. The molecule has 20 heteroatoms. The number of fused-ring (bicyclic) bond motifs is 6. The van der Waals surface area contributed by atoms with E-state index in [2.05, 4.69) is 132 Å². The van der Waals surface area contributed by atoms with Crippen LogP contribution in [-0.2, 0) is 33.9 Å². The Kier molecular flexibility index (Phi) is 19.7. The highest BCUT2D eigenvalue weighted by Crippen LogP contribution is 2.50. The van der Waals surface area contributed by atoms with E-state index in [1.165, 1.54) is 57.4 Å². The maximum atomic E-state index is 14.9. The van der Waals surface area contributed by atoms with Gasteiger partial charge in [0.25, 0.3) is 0 Å². The molecule has 13 aromatic rings. The normalized spacial score (nSPS) is 14.1. The highest BCUT2D eigenvalue weighted by atomic mass is 31.2. The number of pyridine rings is 1. The molecule has 0 saturated heterocycles. The number of carboxylic acid groups (broad SMARTS) is 2. The molecule has 15 rings (SSSR count). The fourth-order valence-corrected chi connectivity index (χ4v) is 17.7. The molecule has 2 aliphatic carbocycles. The topological polar surface area (TPSA) is 277 Å². The Balaban J connectivity index is 0.000000139. The van der Waals surface area contributed by atoms with Crippen molar-refractivity contribution in [1.29, 1.82) is 15.8 Å². The number of nitrogens with zero attached hydrogens (tertiary/aromatic N) is 10. The van der Waals surface area contributed by atoms with E-state index in [0.717, 1.165) is 141 Å². The molecule has 0 unspecified atom stereocenters. The SMILES string of the molecule is CC(C)(CC#N)c1c(-c2ccc(C(=O)O)cc2)c2cc3[nH]ncc3cc2n1C1CCCCC1.CC(C)(CC#N)c1c(-c2ccc(C(=O)O)cc2)c2cc3[nH]ncc3cc2n1CC1CCCCC1.Cc1cc(-c2c(C(C)(C)CC#N)n(Cc3ccccc3F)c3cc4cn[nH]c4cc23)cnc1P(C)(C)=O. The van der Waals surface area contributed by atoms with E-state index in [-0.39, 0.29) is 34.2 Å². The number of aromatic carboxylic acids is 2. The third-order valence-electron chi connectivity index (χ3n) is 21.4. The molecular weight excluding hydrogens is 1320 g/mol. The number of halogens is 1. The highest BCUT2D eigenvalue weighted by molar-refractivity contribution is 7.70. The molecule has 0 amide bonds. The van der Waals surface area contributed by atoms with E-state index in [1.807, 2.05) is 69.6 Å². The lowest BCUT2D eigenvalue weighted by Gasteiger charge is -2.32. The third kappa shape index (κ3) is 13.8. The monoisotopic (exact) mass is 1410 g/mol. The number of aromatic nitrogens is 10. The van der Waals surface area contributed by atoms with E-state index in [9.17, 15) is 44.5 Å². The van der Waals surface area contributed by atoms with Gasteiger partial charge in [0.2, 0.25) is 0 Å². The van der Waals surface area contributed by atoms with Crippen molar-refractivity contribution in [3.05, 3.63) is 185 Å². The molecule has 6 aromatic carbocycles. The summed E-state index contributed by atoms with van der Waals surface area (Å²) in [6.45, 7) is 19.3. The van der Waals surface area contributed by atoms with Crippen LogP contribution < -0.4 is 5.44 Å². The number of hydrogen-bond donors (Lipinski definition) is 5. The van der Waals surface area contributed by atoms with Crippen LogP contribution >= 0.6 is 7.14 Å². The van der Waals surface area contributed by atoms with E-state index in [1.54, 1.807) is 62.1 Å². The zero-order valence-corrected chi connectivity index (χ0v) is 61.4. The van der Waals surface area contributed by atoms with Gasteiger partial charge in [0.05, 0.1) is 76.5 Å². The van der Waals surface area contributed by atoms with Crippen LogP contribution in [0, 0.1) is 52.7 Å². The van der Waals surface area contributed by atoms with E-state index < -0.39 is 24.5 Å². The summed E-state index contributed by atoms with van der Waals surface area (Å²) in [6.07, 6.45) is 20.6. The fourth-order valence-electron chi connectivity index (χ4n) is 16.4. The van der Waals surface area contributed by atoms with Crippen LogP contribution in [0.1, 0.15) is 180 Å². The van der Waals surface area contributed by atoms with Gasteiger partial charge in [-0.25, -0.2) is 14.0 Å². The number of nitrogens with one attached hydrogen (secondary N) is 3. The maximum Gasteiger partial charge on any atom is 0.335 e. The summed E-state index contributed by atoms with van der Waals surface area (Å²) < 4.78 is 34.8. The third-order valence-corrected chi connectivity index (χ3v) is 22.9. The number of H-pyrrole nitrogens is 3. The van der Waals surface area contributed by atoms with Gasteiger partial charge in [-0.2, -0.15) is 31.1 Å². The Hall–Kier alpha value is -10.9. The minimum Gasteiger partial charge on any atom is -0.478 e. The van der Waals surface area contributed by atoms with Gasteiger partial charge in [-0.15, -0.1) is 0 Å². The van der Waals surface area contributed by atoms with Crippen LogP contribution in [0.15, 0.2) is 140 Å². The standard InChI is InChI=1S/C29H29FN5OP.C28H30N4O2.C27H28N4O2/c1-18-12-21(15-32-28(18)37(4,5)36)26-22-14-24-20(16-33-34-24)13-25(22)35(27(26)29(2,3)10-11-31)17-19-8-6-7-9-23(19)30;1-28(2,12-13-29)26-25(19-8-10-20(11-9-19)27(33)34)22-15-23-21(16-30-31-23)14-24(22)32(26)17-18-6-4-3-5-7-18;1-27(2,12-13-28)25-24(17-8-10-18(11-9-17)26(32)33)21-15-22-19(16-29-30-22)14-23(21)31(25)20-6-4-3-5-7-20/h6-9,12-16H,10,17H2,1-5H3,(H,33,34);8-11,14-16,18H,3-7,12,17H2,1-2H3,(H,30,31)(H,33,34);8-11,14-16,20H,3-7,12H2,1-2H3,(H,29,30)(H,32,33). The van der Waals surface area contributed by atoms with Gasteiger partial charge in [0.1, 0.15) is 18.4 Å². The number of hydrogen-bond acceptors (Lipinski definition) is 10. The second-order valence-electron chi connectivity index (χ2n) is 30.7. The Morgan fingerprint density at radius 3 is 1.43 bits per heavy atom. The molecule has 0 aliphatic heterocycles. The van der Waals surface area contributed by atoms with Crippen LogP contribution in [0.5, 0.6) is 0 Å². The molecule has 7 aromatic heterocycles. The molecule has 0 bridgehead atoms. The van der Waals surface area contributed by atoms with Crippen LogP contribution in [0.4, 0.5) is 4.39 Å². The van der Waals surface area contributed by atoms with Gasteiger partial charge in [0, 0.05) is 143 Å². The number of carbonyl (C=O) groups is 2. The van der Waals surface area contributed by atoms with Gasteiger partial charge in [-0.3, -0.25) is 20.3 Å². The molecule has 18 nitrogen and oxygen atoms in total. The average Bonchev–Trinajstić information content (AvgIpc) is 1.54. The van der Waals surface area contributed by atoms with Crippen LogP contribution in [0.2, 0.25) is 0 Å². The largest absolute Gasteiger partial charge is 0.478 e. The molecule has 104 heavy (non-hydrogen) atoms. The molecule has 0 radical (unpaired) electrons. The Labute approximate surface area is 603 Å². The Morgan fingerprint density at radius 1 is 0.548 bits per heavy atom. The van der Waals surface area contributed by atoms with E-state index in [4.69, 9.17) is 0 Å². The zero-order chi connectivity index (χ0) is 73.6. The Morgan fingerprint density at radius 2 is 0.971 bits per heavy atom. The van der Waals surface area contributed by atoms with E-state index >= 15 is 0 Å². The van der Waals surface area contributed by atoms with Crippen molar-refractivity contribution >= 4 is 89.9 Å². The summed E-state index contributed by atoms with van der Waals surface area (Å²) in [4.78, 5) is 27.6. The Bertz CT molecular complexity index is 5630. The quantitative estimate of drug-likeness (QED) is 0.0532. The molecule has 0 atom stereocenters. The van der Waals surface area contributed by atoms with Crippen LogP contribution in [-0.4, -0.2) is 84.8 Å². The number of carboxylic acids is 2. The summed E-state index contributed by atoms with van der Waals surface area (Å²) in [7, 11) is -2.55. The molecule has 530 valence electrons. The van der Waals surface area contributed by atoms with Crippen molar-refractivity contribution in [2.45, 2.75) is 167 Å². The van der Waals surface area contributed by atoms with Crippen molar-refractivity contribution in [3.63, 3.8) is 0 Å². The number of rotatable bonds is 17. The minimum atomic E-state index is -2.55. The predicted molar refractivity (Wildman–Crippen MR) is 411 cm³/mol. The first-order valence-corrected chi connectivity index (χ1v) is 38.5. The molecule has 7 heterocycles. The number of benzene rings is 6. The van der Waals surface area contributed by atoms with Gasteiger partial charge in [-0.05, 0) is 141 Å². The summed E-state index contributed by atoms with van der Waals surface area (Å²) in [6, 6.07) is 43.4. The summed E-state index contributed by atoms with van der Waals surface area (Å²) in [5.74, 6) is -1.53. The summed E-state index contributed by atoms with van der Waals surface area (Å²) >= 11 is 0. The van der Waals surface area contributed by atoms with Crippen LogP contribution in [0.25, 0.3) is 98.8 Å². The number of nitriles is 3. The van der Waals surface area contributed by atoms with Crippen LogP contribution in [0.3, 0.4) is 0 Å². The van der Waals surface area contributed by atoms with Crippen molar-refractivity contribution < 1.29 is 28.8 Å². The van der Waals surface area contributed by atoms with E-state index in [0.29, 0.717) is 42.3 Å². The first-order chi connectivity index (χ1) is 49.8. The summed E-state index contributed by atoms with van der Waals surface area (Å²) in [5.41, 5.74) is 16.5. The smallest absolute Gasteiger partial charge is 0.335 e. The zero-order valence-electron chi connectivity index (χ0n) is 60.5. The van der Waals surface area contributed by atoms with Gasteiger partial charge in [0.15, 0.2) is 0 Å². The van der Waals surface area contributed by atoms with Crippen molar-refractivity contribution in [2.75, 3.05) is 13.3 Å². The first-order valence-electron chi connectivity index (χ1n) is 35.9. The van der Waals surface area contributed by atoms with Gasteiger partial charge in [-0.1, -0.05) is 123 Å². The first kappa shape index (κ1) is 71.5. The lowest BCUT2D eigenvalue weighted by Crippen LogP contribution is -2.25. The maximum absolute atomic E-state index is 14.9. The molecule has 2 saturated carbocycles. The lowest BCUT2D eigenvalue weighted by atomic mass is 9.81. The molecule has 5 N–H and O–H groups in total. The lowest BCUT2D eigenvalue weighted by molar-refractivity contribution is 0.0686. The van der Waals surface area contributed by atoms with Gasteiger partial charge >= 0.3 is 11.9 Å². The molecule has 2 fully saturated rings. The van der Waals surface area contributed by atoms with Crippen molar-refractivity contribution in [2.24, 2.45) is 5.92 Å². The second-order valence-corrected chi connectivity index (χ2v) is 33.9. The van der Waals surface area contributed by atoms with Gasteiger partial charge < -0.3 is 28.5 Å². The molecule has 2 aliphatic rings. The number of aromatic amines is 3. The average molecular weight is 1410 g/mol. The van der Waals surface area contributed by atoms with Crippen molar-refractivity contribution in [3.8, 4) is 51.6 Å². The molecular formula is C84H87FN13O5P.